The smallest absolute Gasteiger partial charge is 0.407 e. The van der Waals surface area contributed by atoms with Crippen LogP contribution in [0.2, 0.25) is 0 Å². The fourth-order valence-electron chi connectivity index (χ4n) is 5.06. The maximum Gasteiger partial charge on any atom is 0.407 e. The molecule has 2 N–H and O–H groups in total. The molecule has 0 saturated carbocycles. The van der Waals surface area contributed by atoms with Crippen LogP contribution in [0.3, 0.4) is 0 Å². The zero-order valence-electron chi connectivity index (χ0n) is 23.0. The first-order valence-corrected chi connectivity index (χ1v) is 13.6. The van der Waals surface area contributed by atoms with E-state index in [0.29, 0.717) is 32.1 Å². The summed E-state index contributed by atoms with van der Waals surface area (Å²) in [7, 11) is 0. The Morgan fingerprint density at radius 1 is 1.02 bits per heavy atom. The van der Waals surface area contributed by atoms with E-state index in [9.17, 15) is 4.79 Å². The molecule has 0 fully saturated rings. The van der Waals surface area contributed by atoms with Gasteiger partial charge in [-0.2, -0.15) is 4.98 Å². The molecular weight excluding hydrogens is 502 g/mol. The zero-order chi connectivity index (χ0) is 27.7. The number of nitrogens with zero attached hydrogens (tertiary/aromatic N) is 3. The van der Waals surface area contributed by atoms with Crippen molar-refractivity contribution in [3.05, 3.63) is 89.7 Å². The van der Waals surface area contributed by atoms with Crippen molar-refractivity contribution in [3.8, 4) is 5.95 Å². The standard InChI is InChI=1S/C32H33N5O3/c1-32(2,3)40-31(38)33-16-14-23-19-37(28-11-7-6-10-25(23)28)30-35-27-15-17-39-20-26(27)29(36-30)34-24-13-12-21-8-4-5-9-22(21)18-24/h4-13,18-19H,14-17,20H2,1-3H3,(H,33,38)(H,34,35,36). The molecule has 0 bridgehead atoms. The molecule has 8 nitrogen and oxygen atoms in total. The Balaban J connectivity index is 1.33. The number of hydrogen-bond donors (Lipinski definition) is 2. The number of nitrogens with one attached hydrogen (secondary N) is 2. The van der Waals surface area contributed by atoms with Gasteiger partial charge < -0.3 is 20.1 Å². The fraction of sp³-hybridized carbons (Fsp3) is 0.281. The maximum atomic E-state index is 12.2. The number of anilines is 2. The van der Waals surface area contributed by atoms with E-state index in [1.165, 1.54) is 5.39 Å². The minimum absolute atomic E-state index is 0.416. The lowest BCUT2D eigenvalue weighted by molar-refractivity contribution is 0.0528. The SMILES string of the molecule is CC(C)(C)OC(=O)NCCc1cn(-c2nc3c(c(Nc4ccc5ccccc5c4)n2)COCC3)c2ccccc12. The first-order chi connectivity index (χ1) is 19.3. The minimum Gasteiger partial charge on any atom is -0.444 e. The second kappa shape index (κ2) is 10.6. The average Bonchev–Trinajstić information content (AvgIpc) is 3.30. The zero-order valence-corrected chi connectivity index (χ0v) is 23.0. The van der Waals surface area contributed by atoms with Gasteiger partial charge in [-0.25, -0.2) is 9.78 Å². The summed E-state index contributed by atoms with van der Waals surface area (Å²) in [5.74, 6) is 1.35. The molecule has 40 heavy (non-hydrogen) atoms. The van der Waals surface area contributed by atoms with E-state index in [1.807, 2.05) is 49.6 Å². The molecule has 5 aromatic rings. The lowest BCUT2D eigenvalue weighted by atomic mass is 10.1. The van der Waals surface area contributed by atoms with Crippen molar-refractivity contribution in [2.75, 3.05) is 18.5 Å². The van der Waals surface area contributed by atoms with Crippen LogP contribution in [0.15, 0.2) is 72.9 Å². The molecule has 0 atom stereocenters. The van der Waals surface area contributed by atoms with Gasteiger partial charge in [-0.15, -0.1) is 0 Å². The van der Waals surface area contributed by atoms with Gasteiger partial charge in [0.1, 0.15) is 11.4 Å². The van der Waals surface area contributed by atoms with Crippen LogP contribution < -0.4 is 10.6 Å². The van der Waals surface area contributed by atoms with E-state index in [0.717, 1.165) is 51.0 Å². The number of hydrogen-bond acceptors (Lipinski definition) is 6. The summed E-state index contributed by atoms with van der Waals surface area (Å²) in [6.07, 6.45) is 3.03. The van der Waals surface area contributed by atoms with Gasteiger partial charge in [-0.1, -0.05) is 48.5 Å². The third-order valence-electron chi connectivity index (χ3n) is 6.90. The summed E-state index contributed by atoms with van der Waals surface area (Å²) in [5, 5.41) is 9.86. The minimum atomic E-state index is -0.534. The molecule has 0 aliphatic carbocycles. The predicted molar refractivity (Wildman–Crippen MR) is 157 cm³/mol. The third-order valence-corrected chi connectivity index (χ3v) is 6.90. The van der Waals surface area contributed by atoms with Crippen LogP contribution in [0, 0.1) is 0 Å². The quantitative estimate of drug-likeness (QED) is 0.259. The van der Waals surface area contributed by atoms with E-state index in [4.69, 9.17) is 19.4 Å². The summed E-state index contributed by atoms with van der Waals surface area (Å²) in [5.41, 5.74) is 4.51. The summed E-state index contributed by atoms with van der Waals surface area (Å²) in [6.45, 7) is 7.13. The highest BCUT2D eigenvalue weighted by Crippen LogP contribution is 2.30. The van der Waals surface area contributed by atoms with Crippen molar-refractivity contribution in [2.45, 2.75) is 45.8 Å². The van der Waals surface area contributed by atoms with Crippen LogP contribution >= 0.6 is 0 Å². The van der Waals surface area contributed by atoms with Gasteiger partial charge in [-0.3, -0.25) is 4.57 Å². The van der Waals surface area contributed by atoms with E-state index in [-0.39, 0.29) is 0 Å². The van der Waals surface area contributed by atoms with Gasteiger partial charge in [0.2, 0.25) is 5.95 Å². The van der Waals surface area contributed by atoms with Crippen molar-refractivity contribution < 1.29 is 14.3 Å². The molecule has 1 amide bonds. The molecule has 0 spiro atoms. The van der Waals surface area contributed by atoms with Crippen LogP contribution in [0.4, 0.5) is 16.3 Å². The topological polar surface area (TPSA) is 90.3 Å². The van der Waals surface area contributed by atoms with Crippen molar-refractivity contribution in [2.24, 2.45) is 0 Å². The monoisotopic (exact) mass is 535 g/mol. The van der Waals surface area contributed by atoms with E-state index in [1.54, 1.807) is 0 Å². The second-order valence-corrected chi connectivity index (χ2v) is 11.0. The number of fused-ring (bicyclic) bond motifs is 3. The first-order valence-electron chi connectivity index (χ1n) is 13.6. The molecule has 2 aromatic heterocycles. The molecule has 3 heterocycles. The molecule has 1 aliphatic rings. The number of carbonyl (C=O) groups is 1. The predicted octanol–water partition coefficient (Wildman–Crippen LogP) is 6.46. The highest BCUT2D eigenvalue weighted by molar-refractivity contribution is 5.87. The largest absolute Gasteiger partial charge is 0.444 e. The fourth-order valence-corrected chi connectivity index (χ4v) is 5.06. The molecule has 6 rings (SSSR count). The Kier molecular flexibility index (Phi) is 6.86. The molecule has 204 valence electrons. The summed E-state index contributed by atoms with van der Waals surface area (Å²) in [4.78, 5) is 22.2. The van der Waals surface area contributed by atoms with Crippen LogP contribution in [0.1, 0.15) is 37.6 Å². The van der Waals surface area contributed by atoms with Crippen LogP contribution in [0.25, 0.3) is 27.6 Å². The van der Waals surface area contributed by atoms with Crippen molar-refractivity contribution in [1.82, 2.24) is 19.9 Å². The molecule has 3 aromatic carbocycles. The van der Waals surface area contributed by atoms with E-state index in [2.05, 4.69) is 59.3 Å². The third kappa shape index (κ3) is 5.49. The Bertz CT molecular complexity index is 1700. The molecule has 1 aliphatic heterocycles. The number of para-hydroxylation sites is 1. The van der Waals surface area contributed by atoms with Crippen molar-refractivity contribution in [3.63, 3.8) is 0 Å². The Morgan fingerprint density at radius 2 is 1.82 bits per heavy atom. The van der Waals surface area contributed by atoms with Gasteiger partial charge in [0.25, 0.3) is 0 Å². The van der Waals surface area contributed by atoms with Gasteiger partial charge in [-0.05, 0) is 61.7 Å². The van der Waals surface area contributed by atoms with Crippen LogP contribution in [-0.4, -0.2) is 39.4 Å². The number of carbonyl (C=O) groups excluding carboxylic acids is 1. The molecular formula is C32H33N5O3. The first kappa shape index (κ1) is 25.8. The number of alkyl carbamates (subject to hydrolysis) is 1. The molecule has 0 unspecified atom stereocenters. The highest BCUT2D eigenvalue weighted by Gasteiger charge is 2.21. The van der Waals surface area contributed by atoms with Gasteiger partial charge in [0.15, 0.2) is 0 Å². The van der Waals surface area contributed by atoms with Crippen LogP contribution in [-0.2, 0) is 28.9 Å². The van der Waals surface area contributed by atoms with Gasteiger partial charge in [0.05, 0.1) is 24.4 Å². The lowest BCUT2D eigenvalue weighted by Crippen LogP contribution is -2.33. The lowest BCUT2D eigenvalue weighted by Gasteiger charge is -2.21. The summed E-state index contributed by atoms with van der Waals surface area (Å²) < 4.78 is 13.2. The number of aromatic nitrogens is 3. The summed E-state index contributed by atoms with van der Waals surface area (Å²) >= 11 is 0. The maximum absolute atomic E-state index is 12.2. The molecule has 0 saturated heterocycles. The molecule has 8 heteroatoms. The van der Waals surface area contributed by atoms with Crippen molar-refractivity contribution >= 4 is 39.3 Å². The van der Waals surface area contributed by atoms with E-state index >= 15 is 0 Å². The van der Waals surface area contributed by atoms with Crippen LogP contribution in [0.5, 0.6) is 0 Å². The summed E-state index contributed by atoms with van der Waals surface area (Å²) in [6, 6.07) is 22.8. The second-order valence-electron chi connectivity index (χ2n) is 11.0. The van der Waals surface area contributed by atoms with Crippen molar-refractivity contribution in [1.29, 1.82) is 0 Å². The normalized spacial score (nSPS) is 13.3. The van der Waals surface area contributed by atoms with Gasteiger partial charge in [0, 0.05) is 35.8 Å². The Hall–Kier alpha value is -4.43. The number of ether oxygens (including phenoxy) is 2. The Morgan fingerprint density at radius 3 is 2.67 bits per heavy atom. The number of amides is 1. The van der Waals surface area contributed by atoms with Gasteiger partial charge >= 0.3 is 6.09 Å². The number of benzene rings is 3. The average molecular weight is 536 g/mol. The highest BCUT2D eigenvalue weighted by atomic mass is 16.6. The molecule has 0 radical (unpaired) electrons. The van der Waals surface area contributed by atoms with E-state index < -0.39 is 11.7 Å². The number of rotatable bonds is 6. The Labute approximate surface area is 233 Å².